The molecule has 0 saturated carbocycles. The number of aryl methyl sites for hydroxylation is 1. The van der Waals surface area contributed by atoms with Gasteiger partial charge >= 0.3 is 0 Å². The molecule has 17 heavy (non-hydrogen) atoms. The van der Waals surface area contributed by atoms with E-state index in [0.717, 1.165) is 6.54 Å². The molecule has 0 saturated heterocycles. The molecule has 1 aromatic rings. The zero-order valence-corrected chi connectivity index (χ0v) is 11.2. The number of halogens is 1. The van der Waals surface area contributed by atoms with Crippen LogP contribution in [0.2, 0.25) is 0 Å². The molecule has 1 heterocycles. The lowest BCUT2D eigenvalue weighted by atomic mass is 10.0. The molecule has 1 rings (SSSR count). The SMILES string of the molecule is Cc1ncnc(NC(CN(C)C)C(C)C)c1F. The zero-order chi connectivity index (χ0) is 13.0. The minimum absolute atomic E-state index is 0.161. The van der Waals surface area contributed by atoms with E-state index in [1.165, 1.54) is 6.33 Å². The third-order valence-corrected chi connectivity index (χ3v) is 2.65. The van der Waals surface area contributed by atoms with Crippen LogP contribution in [0.25, 0.3) is 0 Å². The Morgan fingerprint density at radius 1 is 1.35 bits per heavy atom. The van der Waals surface area contributed by atoms with E-state index in [9.17, 15) is 4.39 Å². The van der Waals surface area contributed by atoms with Crippen LogP contribution in [0, 0.1) is 18.7 Å². The van der Waals surface area contributed by atoms with E-state index in [0.29, 0.717) is 11.6 Å². The van der Waals surface area contributed by atoms with Gasteiger partial charge in [0.1, 0.15) is 6.33 Å². The Bertz CT molecular complexity index is 366. The molecule has 0 aliphatic rings. The van der Waals surface area contributed by atoms with Crippen LogP contribution in [-0.4, -0.2) is 41.5 Å². The molecule has 0 aromatic carbocycles. The van der Waals surface area contributed by atoms with Crippen LogP contribution in [-0.2, 0) is 0 Å². The summed E-state index contributed by atoms with van der Waals surface area (Å²) in [6.45, 7) is 6.68. The van der Waals surface area contributed by atoms with E-state index in [1.807, 2.05) is 14.1 Å². The molecule has 4 nitrogen and oxygen atoms in total. The predicted octanol–water partition coefficient (Wildman–Crippen LogP) is 1.92. The molecule has 0 aliphatic carbocycles. The number of nitrogens with one attached hydrogen (secondary N) is 1. The normalized spacial score (nSPS) is 13.2. The minimum Gasteiger partial charge on any atom is -0.363 e. The van der Waals surface area contributed by atoms with Crippen molar-refractivity contribution in [2.24, 2.45) is 5.92 Å². The largest absolute Gasteiger partial charge is 0.363 e. The number of likely N-dealkylation sites (N-methyl/N-ethyl adjacent to an activating group) is 1. The highest BCUT2D eigenvalue weighted by atomic mass is 19.1. The van der Waals surface area contributed by atoms with Crippen molar-refractivity contribution in [3.05, 3.63) is 17.8 Å². The van der Waals surface area contributed by atoms with E-state index in [2.05, 4.69) is 34.0 Å². The Kier molecular flexibility index (Phi) is 4.81. The van der Waals surface area contributed by atoms with Crippen molar-refractivity contribution in [1.82, 2.24) is 14.9 Å². The zero-order valence-electron chi connectivity index (χ0n) is 11.2. The molecule has 0 bridgehead atoms. The van der Waals surface area contributed by atoms with Crippen molar-refractivity contribution in [3.63, 3.8) is 0 Å². The van der Waals surface area contributed by atoms with Crippen molar-refractivity contribution in [2.75, 3.05) is 26.0 Å². The lowest BCUT2D eigenvalue weighted by Crippen LogP contribution is -2.37. The molecule has 1 aromatic heterocycles. The van der Waals surface area contributed by atoms with Crippen molar-refractivity contribution in [3.8, 4) is 0 Å². The lowest BCUT2D eigenvalue weighted by molar-refractivity contribution is 0.343. The minimum atomic E-state index is -0.364. The van der Waals surface area contributed by atoms with Crippen molar-refractivity contribution in [1.29, 1.82) is 0 Å². The number of anilines is 1. The van der Waals surface area contributed by atoms with Crippen LogP contribution in [0.3, 0.4) is 0 Å². The summed E-state index contributed by atoms with van der Waals surface area (Å²) in [5, 5.41) is 3.15. The first-order chi connectivity index (χ1) is 7.91. The standard InChI is InChI=1S/C12H21FN4/c1-8(2)10(6-17(4)5)16-12-11(13)9(3)14-7-15-12/h7-8,10H,6H2,1-5H3,(H,14,15,16). The maximum Gasteiger partial charge on any atom is 0.186 e. The van der Waals surface area contributed by atoms with E-state index in [4.69, 9.17) is 0 Å². The molecule has 0 spiro atoms. The quantitative estimate of drug-likeness (QED) is 0.853. The molecule has 1 atom stereocenters. The highest BCUT2D eigenvalue weighted by Gasteiger charge is 2.17. The van der Waals surface area contributed by atoms with E-state index < -0.39 is 0 Å². The molecule has 0 amide bonds. The summed E-state index contributed by atoms with van der Waals surface area (Å²) in [4.78, 5) is 9.84. The summed E-state index contributed by atoms with van der Waals surface area (Å²) in [6.07, 6.45) is 1.38. The maximum atomic E-state index is 13.8. The summed E-state index contributed by atoms with van der Waals surface area (Å²) in [6, 6.07) is 0.161. The van der Waals surface area contributed by atoms with E-state index >= 15 is 0 Å². The molecule has 1 unspecified atom stereocenters. The van der Waals surface area contributed by atoms with Gasteiger partial charge in [0.15, 0.2) is 11.6 Å². The summed E-state index contributed by atoms with van der Waals surface area (Å²) >= 11 is 0. The number of hydrogen-bond acceptors (Lipinski definition) is 4. The molecule has 1 N–H and O–H groups in total. The first kappa shape index (κ1) is 13.8. The first-order valence-corrected chi connectivity index (χ1v) is 5.80. The number of hydrogen-bond donors (Lipinski definition) is 1. The molecule has 96 valence electrons. The summed E-state index contributed by atoms with van der Waals surface area (Å²) in [7, 11) is 4.00. The Labute approximate surface area is 102 Å². The molecular weight excluding hydrogens is 219 g/mol. The van der Waals surface area contributed by atoms with Gasteiger partial charge < -0.3 is 10.2 Å². The summed E-state index contributed by atoms with van der Waals surface area (Å²) < 4.78 is 13.8. The molecule has 5 heteroatoms. The fourth-order valence-corrected chi connectivity index (χ4v) is 1.55. The highest BCUT2D eigenvalue weighted by Crippen LogP contribution is 2.16. The predicted molar refractivity (Wildman–Crippen MR) is 67.5 cm³/mol. The van der Waals surface area contributed by atoms with Crippen LogP contribution >= 0.6 is 0 Å². The van der Waals surface area contributed by atoms with Crippen molar-refractivity contribution < 1.29 is 4.39 Å². The highest BCUT2D eigenvalue weighted by molar-refractivity contribution is 5.38. The Morgan fingerprint density at radius 2 is 2.00 bits per heavy atom. The Hall–Kier alpha value is -1.23. The number of nitrogens with zero attached hydrogens (tertiary/aromatic N) is 3. The average molecular weight is 240 g/mol. The van der Waals surface area contributed by atoms with Gasteiger partial charge in [-0.1, -0.05) is 13.8 Å². The fourth-order valence-electron chi connectivity index (χ4n) is 1.55. The third kappa shape index (κ3) is 3.93. The molecule has 0 radical (unpaired) electrons. The summed E-state index contributed by atoms with van der Waals surface area (Å²) in [5.41, 5.74) is 0.370. The van der Waals surface area contributed by atoms with Crippen LogP contribution in [0.1, 0.15) is 19.5 Å². The smallest absolute Gasteiger partial charge is 0.186 e. The monoisotopic (exact) mass is 240 g/mol. The first-order valence-electron chi connectivity index (χ1n) is 5.80. The van der Waals surface area contributed by atoms with Gasteiger partial charge in [-0.3, -0.25) is 0 Å². The van der Waals surface area contributed by atoms with Gasteiger partial charge in [-0.15, -0.1) is 0 Å². The van der Waals surface area contributed by atoms with Gasteiger partial charge in [0.2, 0.25) is 0 Å². The number of aromatic nitrogens is 2. The number of rotatable bonds is 5. The van der Waals surface area contributed by atoms with Gasteiger partial charge in [0, 0.05) is 12.6 Å². The van der Waals surface area contributed by atoms with E-state index in [1.54, 1.807) is 6.92 Å². The maximum absolute atomic E-state index is 13.8. The van der Waals surface area contributed by atoms with Crippen molar-refractivity contribution >= 4 is 5.82 Å². The molecular formula is C12H21FN4. The van der Waals surface area contributed by atoms with Crippen LogP contribution in [0.4, 0.5) is 10.2 Å². The topological polar surface area (TPSA) is 41.1 Å². The van der Waals surface area contributed by atoms with Crippen LogP contribution in [0.15, 0.2) is 6.33 Å². The second-order valence-corrected chi connectivity index (χ2v) is 4.88. The van der Waals surface area contributed by atoms with Gasteiger partial charge in [-0.05, 0) is 26.9 Å². The second-order valence-electron chi connectivity index (χ2n) is 4.88. The second kappa shape index (κ2) is 5.91. The Balaban J connectivity index is 2.82. The third-order valence-electron chi connectivity index (χ3n) is 2.65. The van der Waals surface area contributed by atoms with E-state index in [-0.39, 0.29) is 17.7 Å². The lowest BCUT2D eigenvalue weighted by Gasteiger charge is -2.26. The average Bonchev–Trinajstić information content (AvgIpc) is 2.22. The van der Waals surface area contributed by atoms with Crippen LogP contribution < -0.4 is 5.32 Å². The Morgan fingerprint density at radius 3 is 2.53 bits per heavy atom. The fraction of sp³-hybridized carbons (Fsp3) is 0.667. The van der Waals surface area contributed by atoms with Crippen molar-refractivity contribution in [2.45, 2.75) is 26.8 Å². The molecule has 0 aliphatic heterocycles. The van der Waals surface area contributed by atoms with Gasteiger partial charge in [0.05, 0.1) is 5.69 Å². The van der Waals surface area contributed by atoms with Gasteiger partial charge in [-0.25, -0.2) is 14.4 Å². The van der Waals surface area contributed by atoms with Crippen LogP contribution in [0.5, 0.6) is 0 Å². The summed E-state index contributed by atoms with van der Waals surface area (Å²) in [5.74, 6) is 0.321. The van der Waals surface area contributed by atoms with Gasteiger partial charge in [0.25, 0.3) is 0 Å². The van der Waals surface area contributed by atoms with Gasteiger partial charge in [-0.2, -0.15) is 0 Å². The molecule has 0 fully saturated rings.